The third kappa shape index (κ3) is 3.51. The van der Waals surface area contributed by atoms with E-state index >= 15 is 0 Å². The highest BCUT2D eigenvalue weighted by Crippen LogP contribution is 2.31. The lowest BCUT2D eigenvalue weighted by Crippen LogP contribution is -2.13. The third-order valence-electron chi connectivity index (χ3n) is 4.21. The largest absolute Gasteiger partial charge is 0.313 e. The average molecular weight is 282 g/mol. The smallest absolute Gasteiger partial charge is 0.0346 e. The van der Waals surface area contributed by atoms with Crippen molar-refractivity contribution in [2.24, 2.45) is 0 Å². The number of hydrogen-bond acceptors (Lipinski definition) is 2. The zero-order valence-corrected chi connectivity index (χ0v) is 13.9. The van der Waals surface area contributed by atoms with Crippen LogP contribution < -0.4 is 5.32 Å². The molecule has 0 bridgehead atoms. The van der Waals surface area contributed by atoms with Crippen LogP contribution in [0.1, 0.15) is 41.2 Å². The lowest BCUT2D eigenvalue weighted by atomic mass is 9.90. The fraction of sp³-hybridized carbons (Fsp3) is 0.421. The van der Waals surface area contributed by atoms with Crippen molar-refractivity contribution in [1.29, 1.82) is 0 Å². The first-order chi connectivity index (χ1) is 10.0. The van der Waals surface area contributed by atoms with Crippen LogP contribution >= 0.6 is 0 Å². The zero-order valence-electron chi connectivity index (χ0n) is 13.9. The molecular formula is C19H26N2. The second-order valence-electron chi connectivity index (χ2n) is 5.89. The second-order valence-corrected chi connectivity index (χ2v) is 5.89. The van der Waals surface area contributed by atoms with Crippen LogP contribution in [0.5, 0.6) is 0 Å². The van der Waals surface area contributed by atoms with E-state index in [1.807, 2.05) is 12.4 Å². The Labute approximate surface area is 128 Å². The molecule has 21 heavy (non-hydrogen) atoms. The molecule has 0 fully saturated rings. The summed E-state index contributed by atoms with van der Waals surface area (Å²) < 4.78 is 0. The van der Waals surface area contributed by atoms with Crippen molar-refractivity contribution in [3.63, 3.8) is 0 Å². The van der Waals surface area contributed by atoms with Gasteiger partial charge < -0.3 is 5.32 Å². The summed E-state index contributed by atoms with van der Waals surface area (Å²) in [7, 11) is 0. The third-order valence-corrected chi connectivity index (χ3v) is 4.21. The topological polar surface area (TPSA) is 24.9 Å². The fourth-order valence-corrected chi connectivity index (χ4v) is 2.78. The Bertz CT molecular complexity index is 603. The lowest BCUT2D eigenvalue weighted by molar-refractivity contribution is 0.674. The van der Waals surface area contributed by atoms with Crippen LogP contribution in [0.25, 0.3) is 11.1 Å². The molecule has 0 aliphatic heterocycles. The predicted molar refractivity (Wildman–Crippen MR) is 90.6 cm³/mol. The van der Waals surface area contributed by atoms with Gasteiger partial charge in [-0.25, -0.2) is 0 Å². The van der Waals surface area contributed by atoms with Crippen molar-refractivity contribution in [3.05, 3.63) is 52.3 Å². The Morgan fingerprint density at radius 3 is 2.24 bits per heavy atom. The maximum Gasteiger partial charge on any atom is 0.0346 e. The van der Waals surface area contributed by atoms with Gasteiger partial charge in [0.2, 0.25) is 0 Å². The number of nitrogens with one attached hydrogen (secondary N) is 1. The molecule has 1 aromatic carbocycles. The summed E-state index contributed by atoms with van der Waals surface area (Å²) >= 11 is 0. The van der Waals surface area contributed by atoms with E-state index in [0.29, 0.717) is 0 Å². The van der Waals surface area contributed by atoms with E-state index in [-0.39, 0.29) is 0 Å². The molecule has 0 aliphatic rings. The van der Waals surface area contributed by atoms with E-state index in [2.05, 4.69) is 57.1 Å². The lowest BCUT2D eigenvalue weighted by Gasteiger charge is -2.16. The Hall–Kier alpha value is -1.67. The number of aryl methyl sites for hydroxylation is 2. The van der Waals surface area contributed by atoms with E-state index in [0.717, 1.165) is 19.5 Å². The van der Waals surface area contributed by atoms with Gasteiger partial charge >= 0.3 is 0 Å². The van der Waals surface area contributed by atoms with Gasteiger partial charge in [0.05, 0.1) is 0 Å². The Morgan fingerprint density at radius 1 is 0.952 bits per heavy atom. The maximum absolute atomic E-state index is 4.44. The van der Waals surface area contributed by atoms with Crippen LogP contribution in [-0.4, -0.2) is 11.5 Å². The summed E-state index contributed by atoms with van der Waals surface area (Å²) in [5, 5.41) is 3.44. The van der Waals surface area contributed by atoms with Gasteiger partial charge in [-0.05, 0) is 80.1 Å². The van der Waals surface area contributed by atoms with E-state index in [1.54, 1.807) is 0 Å². The van der Waals surface area contributed by atoms with Gasteiger partial charge in [-0.1, -0.05) is 13.0 Å². The molecule has 0 spiro atoms. The molecule has 0 aliphatic carbocycles. The number of hydrogen-bond donors (Lipinski definition) is 1. The summed E-state index contributed by atoms with van der Waals surface area (Å²) in [6.45, 7) is 12.9. The highest BCUT2D eigenvalue weighted by atomic mass is 14.8. The van der Waals surface area contributed by atoms with Crippen molar-refractivity contribution >= 4 is 0 Å². The van der Waals surface area contributed by atoms with Crippen LogP contribution in [0.15, 0.2) is 24.5 Å². The molecule has 112 valence electrons. The number of benzene rings is 1. The minimum Gasteiger partial charge on any atom is -0.313 e. The Kier molecular flexibility index (Phi) is 5.13. The molecule has 0 radical (unpaired) electrons. The molecule has 1 N–H and O–H groups in total. The number of pyridine rings is 1. The first kappa shape index (κ1) is 15.7. The van der Waals surface area contributed by atoms with Crippen LogP contribution in [0.4, 0.5) is 0 Å². The van der Waals surface area contributed by atoms with Crippen LogP contribution in [0.3, 0.4) is 0 Å². The van der Waals surface area contributed by atoms with Gasteiger partial charge in [-0.3, -0.25) is 4.98 Å². The van der Waals surface area contributed by atoms with Crippen molar-refractivity contribution in [2.45, 2.75) is 47.6 Å². The maximum atomic E-state index is 4.44. The van der Waals surface area contributed by atoms with Gasteiger partial charge in [0, 0.05) is 24.5 Å². The molecule has 2 rings (SSSR count). The van der Waals surface area contributed by atoms with Crippen molar-refractivity contribution in [1.82, 2.24) is 10.3 Å². The van der Waals surface area contributed by atoms with Crippen LogP contribution in [0, 0.1) is 27.7 Å². The summed E-state index contributed by atoms with van der Waals surface area (Å²) in [5.41, 5.74) is 9.24. The molecule has 0 atom stereocenters. The zero-order chi connectivity index (χ0) is 15.4. The highest BCUT2D eigenvalue weighted by molar-refractivity contribution is 5.73. The summed E-state index contributed by atoms with van der Waals surface area (Å²) in [6, 6.07) is 4.54. The average Bonchev–Trinajstić information content (AvgIpc) is 2.46. The van der Waals surface area contributed by atoms with Crippen molar-refractivity contribution < 1.29 is 0 Å². The van der Waals surface area contributed by atoms with Gasteiger partial charge in [0.25, 0.3) is 0 Å². The molecule has 2 aromatic rings. The van der Waals surface area contributed by atoms with E-state index in [9.17, 15) is 0 Å². The SMILES string of the molecule is CCCNCc1cncc(-c2c(C)c(C)cc(C)c2C)c1. The second kappa shape index (κ2) is 6.86. The molecule has 0 saturated carbocycles. The number of rotatable bonds is 5. The monoisotopic (exact) mass is 282 g/mol. The van der Waals surface area contributed by atoms with E-state index < -0.39 is 0 Å². The van der Waals surface area contributed by atoms with Crippen molar-refractivity contribution in [3.8, 4) is 11.1 Å². The van der Waals surface area contributed by atoms with Gasteiger partial charge in [-0.2, -0.15) is 0 Å². The Morgan fingerprint density at radius 2 is 1.62 bits per heavy atom. The standard InChI is InChI=1S/C19H26N2/c1-6-7-20-10-17-9-18(12-21-11-17)19-15(4)13(2)8-14(3)16(19)5/h8-9,11-12,20H,6-7,10H2,1-5H3. The van der Waals surface area contributed by atoms with E-state index in [4.69, 9.17) is 0 Å². The fourth-order valence-electron chi connectivity index (χ4n) is 2.78. The molecule has 2 nitrogen and oxygen atoms in total. The van der Waals surface area contributed by atoms with Gasteiger partial charge in [0.1, 0.15) is 0 Å². The minimum atomic E-state index is 0.886. The first-order valence-electron chi connectivity index (χ1n) is 7.77. The first-order valence-corrected chi connectivity index (χ1v) is 7.77. The van der Waals surface area contributed by atoms with Crippen LogP contribution in [-0.2, 0) is 6.54 Å². The van der Waals surface area contributed by atoms with Crippen molar-refractivity contribution in [2.75, 3.05) is 6.54 Å². The summed E-state index contributed by atoms with van der Waals surface area (Å²) in [5.74, 6) is 0. The van der Waals surface area contributed by atoms with Crippen LogP contribution in [0.2, 0.25) is 0 Å². The molecule has 1 aromatic heterocycles. The predicted octanol–water partition coefficient (Wildman–Crippen LogP) is 4.48. The normalized spacial score (nSPS) is 10.9. The van der Waals surface area contributed by atoms with Gasteiger partial charge in [-0.15, -0.1) is 0 Å². The Balaban J connectivity index is 2.41. The molecule has 2 heteroatoms. The number of nitrogens with zero attached hydrogens (tertiary/aromatic N) is 1. The quantitative estimate of drug-likeness (QED) is 0.818. The summed E-state index contributed by atoms with van der Waals surface area (Å²) in [4.78, 5) is 4.44. The minimum absolute atomic E-state index is 0.886. The van der Waals surface area contributed by atoms with E-state index in [1.165, 1.54) is 38.9 Å². The van der Waals surface area contributed by atoms with Gasteiger partial charge in [0.15, 0.2) is 0 Å². The molecule has 0 unspecified atom stereocenters. The molecule has 0 amide bonds. The molecule has 1 heterocycles. The molecule has 0 saturated heterocycles. The highest BCUT2D eigenvalue weighted by Gasteiger charge is 2.11. The molecular weight excluding hydrogens is 256 g/mol. The summed E-state index contributed by atoms with van der Waals surface area (Å²) in [6.07, 6.45) is 5.10. The number of aromatic nitrogens is 1.